The maximum atomic E-state index is 12.9. The van der Waals surface area contributed by atoms with Crippen LogP contribution >= 0.6 is 15.9 Å². The van der Waals surface area contributed by atoms with Crippen LogP contribution in [0.25, 0.3) is 0 Å². The summed E-state index contributed by atoms with van der Waals surface area (Å²) in [7, 11) is 0. The van der Waals surface area contributed by atoms with Gasteiger partial charge in [0.1, 0.15) is 12.4 Å². The zero-order valence-corrected chi connectivity index (χ0v) is 19.6. The van der Waals surface area contributed by atoms with Crippen molar-refractivity contribution in [1.29, 1.82) is 0 Å². The topological polar surface area (TPSA) is 149 Å². The molecule has 1 aliphatic heterocycles. The molecule has 0 aliphatic carbocycles. The Morgan fingerprint density at radius 1 is 1.18 bits per heavy atom. The average Bonchev–Trinajstić information content (AvgIpc) is 3.40. The molecule has 3 aromatic rings. The van der Waals surface area contributed by atoms with Gasteiger partial charge in [-0.05, 0) is 60.9 Å². The maximum Gasteiger partial charge on any atom is 0.360 e. The van der Waals surface area contributed by atoms with Crippen molar-refractivity contribution in [2.24, 2.45) is 0 Å². The summed E-state index contributed by atoms with van der Waals surface area (Å²) in [6, 6.07) is 11.6. The van der Waals surface area contributed by atoms with Crippen LogP contribution in [0.3, 0.4) is 0 Å². The van der Waals surface area contributed by atoms with Gasteiger partial charge >= 0.3 is 11.6 Å². The van der Waals surface area contributed by atoms with Gasteiger partial charge in [0.15, 0.2) is 11.5 Å². The van der Waals surface area contributed by atoms with Gasteiger partial charge in [0, 0.05) is 10.9 Å². The molecule has 4 rings (SSSR count). The van der Waals surface area contributed by atoms with Crippen LogP contribution in [-0.2, 0) is 10.4 Å². The predicted molar refractivity (Wildman–Crippen MR) is 124 cm³/mol. The third kappa shape index (κ3) is 4.96. The summed E-state index contributed by atoms with van der Waals surface area (Å²) in [4.78, 5) is 24.9. The highest BCUT2D eigenvalue weighted by molar-refractivity contribution is 9.09. The molecule has 178 valence electrons. The highest BCUT2D eigenvalue weighted by Gasteiger charge is 2.52. The van der Waals surface area contributed by atoms with Crippen molar-refractivity contribution in [3.05, 3.63) is 53.9 Å². The highest BCUT2D eigenvalue weighted by atomic mass is 79.9. The number of rotatable bonds is 10. The largest absolute Gasteiger partial charge is 0.494 e. The number of hydrogen-bond donors (Lipinski definition) is 3. The molecular weight excluding hydrogens is 510 g/mol. The first-order chi connectivity index (χ1) is 16.5. The van der Waals surface area contributed by atoms with Crippen molar-refractivity contribution in [2.75, 3.05) is 23.9 Å². The van der Waals surface area contributed by atoms with Gasteiger partial charge in [-0.15, -0.1) is 10.2 Å². The quantitative estimate of drug-likeness (QED) is 0.265. The minimum atomic E-state index is -2.02. The summed E-state index contributed by atoms with van der Waals surface area (Å²) >= 11 is 3.40. The molecule has 11 nitrogen and oxygen atoms in total. The summed E-state index contributed by atoms with van der Waals surface area (Å²) < 4.78 is 17.2. The number of aromatic amines is 1. The molecule has 0 radical (unpaired) electrons. The third-order valence-electron chi connectivity index (χ3n) is 5.15. The number of carboxylic acid groups (broad SMARTS) is 1. The van der Waals surface area contributed by atoms with Gasteiger partial charge in [0.05, 0.1) is 12.3 Å². The number of nitrogens with one attached hydrogen (secondary N) is 2. The van der Waals surface area contributed by atoms with Gasteiger partial charge < -0.3 is 24.6 Å². The number of aliphatic carboxylic acids is 1. The minimum Gasteiger partial charge on any atom is -0.494 e. The maximum absolute atomic E-state index is 12.9. The van der Waals surface area contributed by atoms with E-state index in [9.17, 15) is 14.7 Å². The van der Waals surface area contributed by atoms with Crippen LogP contribution in [0.5, 0.6) is 17.2 Å². The van der Waals surface area contributed by atoms with Crippen LogP contribution in [-0.4, -0.2) is 56.2 Å². The zero-order valence-electron chi connectivity index (χ0n) is 18.0. The number of nitrogens with zero attached hydrogens (tertiary/aromatic N) is 3. The van der Waals surface area contributed by atoms with Gasteiger partial charge in [-0.1, -0.05) is 22.0 Å². The first-order valence-electron chi connectivity index (χ1n) is 10.6. The number of fused-ring (bicyclic) bond motifs is 1. The number of anilines is 1. The lowest BCUT2D eigenvalue weighted by atomic mass is 10.0. The number of ether oxygens (including phenoxy) is 3. The average molecular weight is 532 g/mol. The van der Waals surface area contributed by atoms with Crippen LogP contribution in [0.2, 0.25) is 0 Å². The number of carboxylic acids is 1. The molecule has 1 aromatic heterocycles. The number of amides is 1. The van der Waals surface area contributed by atoms with Gasteiger partial charge in [-0.2, -0.15) is 5.21 Å². The van der Waals surface area contributed by atoms with E-state index in [2.05, 4.69) is 41.9 Å². The molecule has 1 unspecified atom stereocenters. The predicted octanol–water partition coefficient (Wildman–Crippen LogP) is 3.15. The van der Waals surface area contributed by atoms with E-state index < -0.39 is 17.5 Å². The molecule has 2 aromatic carbocycles. The number of halogens is 1. The Hall–Kier alpha value is -3.67. The van der Waals surface area contributed by atoms with Gasteiger partial charge in [-0.3, -0.25) is 4.79 Å². The number of aromatic nitrogens is 4. The second-order valence-electron chi connectivity index (χ2n) is 7.47. The smallest absolute Gasteiger partial charge is 0.360 e. The molecule has 0 spiro atoms. The number of tetrazole rings is 1. The first kappa shape index (κ1) is 23.5. The van der Waals surface area contributed by atoms with Crippen LogP contribution < -0.4 is 19.5 Å². The van der Waals surface area contributed by atoms with E-state index in [0.29, 0.717) is 17.9 Å². The molecule has 1 amide bonds. The molecule has 0 bridgehead atoms. The Labute approximate surface area is 202 Å². The fourth-order valence-electron chi connectivity index (χ4n) is 3.32. The van der Waals surface area contributed by atoms with Gasteiger partial charge in [0.2, 0.25) is 5.82 Å². The standard InChI is InChI=1S/C22H22BrN5O6/c23-11-2-1-3-12-32-15-9-7-14(8-10-15)19(29)24-16-5-4-6-17-18(16)34-22(13-33-17,21(30)31)20-25-27-28-26-20/h4-10H,1-3,11-13H2,(H,24,29)(H,30,31)(H,25,26,27,28). The number of hydrogen-bond acceptors (Lipinski definition) is 8. The minimum absolute atomic E-state index is 0.0535. The normalized spacial score (nSPS) is 16.6. The summed E-state index contributed by atoms with van der Waals surface area (Å²) in [5.41, 5.74) is -1.39. The molecule has 12 heteroatoms. The Morgan fingerprint density at radius 2 is 2.00 bits per heavy atom. The van der Waals surface area contributed by atoms with Crippen LogP contribution in [0.15, 0.2) is 42.5 Å². The number of para-hydroxylation sites is 1. The second-order valence-corrected chi connectivity index (χ2v) is 8.26. The lowest BCUT2D eigenvalue weighted by molar-refractivity contribution is -0.162. The third-order valence-corrected chi connectivity index (χ3v) is 5.71. The van der Waals surface area contributed by atoms with E-state index in [1.54, 1.807) is 42.5 Å². The summed E-state index contributed by atoms with van der Waals surface area (Å²) in [5.74, 6) is -0.958. The number of H-pyrrole nitrogens is 1. The van der Waals surface area contributed by atoms with Crippen molar-refractivity contribution in [3.8, 4) is 17.2 Å². The van der Waals surface area contributed by atoms with Crippen molar-refractivity contribution in [3.63, 3.8) is 0 Å². The molecule has 0 saturated carbocycles. The lowest BCUT2D eigenvalue weighted by Crippen LogP contribution is -2.50. The molecule has 1 atom stereocenters. The van der Waals surface area contributed by atoms with Crippen LogP contribution in [0.4, 0.5) is 5.69 Å². The molecule has 1 aliphatic rings. The second kappa shape index (κ2) is 10.5. The Balaban J connectivity index is 1.47. The number of unbranched alkanes of at least 4 members (excludes halogenated alkanes) is 2. The van der Waals surface area contributed by atoms with E-state index in [1.807, 2.05) is 0 Å². The fraction of sp³-hybridized carbons (Fsp3) is 0.318. The van der Waals surface area contributed by atoms with E-state index in [0.717, 1.165) is 24.6 Å². The summed E-state index contributed by atoms with van der Waals surface area (Å²) in [5, 5.41) is 26.7. The number of carbonyl (C=O) groups is 2. The molecule has 0 saturated heterocycles. The Kier molecular flexibility index (Phi) is 7.26. The summed E-state index contributed by atoms with van der Waals surface area (Å²) in [6.07, 6.45) is 3.13. The van der Waals surface area contributed by atoms with Gasteiger partial charge in [-0.25, -0.2) is 4.79 Å². The lowest BCUT2D eigenvalue weighted by Gasteiger charge is -2.33. The van der Waals surface area contributed by atoms with Crippen molar-refractivity contribution in [2.45, 2.75) is 24.9 Å². The molecule has 34 heavy (non-hydrogen) atoms. The number of benzene rings is 2. The monoisotopic (exact) mass is 531 g/mol. The Morgan fingerprint density at radius 3 is 2.71 bits per heavy atom. The zero-order chi connectivity index (χ0) is 24.0. The van der Waals surface area contributed by atoms with E-state index in [4.69, 9.17) is 14.2 Å². The van der Waals surface area contributed by atoms with E-state index in [-0.39, 0.29) is 29.6 Å². The van der Waals surface area contributed by atoms with Crippen LogP contribution in [0, 0.1) is 0 Å². The fourth-order valence-corrected chi connectivity index (χ4v) is 3.72. The van der Waals surface area contributed by atoms with E-state index in [1.165, 1.54) is 0 Å². The molecular formula is C22H22BrN5O6. The Bertz CT molecular complexity index is 1140. The van der Waals surface area contributed by atoms with Crippen molar-refractivity contribution in [1.82, 2.24) is 20.6 Å². The molecule has 2 heterocycles. The number of carbonyl (C=O) groups excluding carboxylic acids is 1. The van der Waals surface area contributed by atoms with Crippen molar-refractivity contribution < 1.29 is 28.9 Å². The highest BCUT2D eigenvalue weighted by Crippen LogP contribution is 2.44. The van der Waals surface area contributed by atoms with Crippen molar-refractivity contribution >= 4 is 33.5 Å². The molecule has 0 fully saturated rings. The van der Waals surface area contributed by atoms with Crippen LogP contribution in [0.1, 0.15) is 35.4 Å². The number of alkyl halides is 1. The van der Waals surface area contributed by atoms with E-state index >= 15 is 0 Å². The first-order valence-corrected chi connectivity index (χ1v) is 11.7. The SMILES string of the molecule is O=C(Nc1cccc2c1OC(C(=O)O)(c1nn[nH]n1)CO2)c1ccc(OCCCCCBr)cc1. The van der Waals surface area contributed by atoms with Gasteiger partial charge in [0.25, 0.3) is 5.91 Å². The molecule has 3 N–H and O–H groups in total. The summed E-state index contributed by atoms with van der Waals surface area (Å²) in [6.45, 7) is 0.238.